The zero-order valence-electron chi connectivity index (χ0n) is 9.03. The summed E-state index contributed by atoms with van der Waals surface area (Å²) in [5.74, 6) is 0.214. The normalized spacial score (nSPS) is 10.2. The number of hydrazone groups is 1. The van der Waals surface area contributed by atoms with Crippen molar-refractivity contribution in [1.82, 2.24) is 5.43 Å². The summed E-state index contributed by atoms with van der Waals surface area (Å²) in [5.41, 5.74) is 2.79. The average molecular weight is 237 g/mol. The summed E-state index contributed by atoms with van der Waals surface area (Å²) in [4.78, 5) is 11.5. The van der Waals surface area contributed by atoms with E-state index in [1.807, 2.05) is 0 Å². The van der Waals surface area contributed by atoms with E-state index < -0.39 is 0 Å². The molecule has 83 valence electrons. The van der Waals surface area contributed by atoms with Crippen molar-refractivity contribution in [1.29, 1.82) is 0 Å². The molecule has 1 rings (SSSR count). The van der Waals surface area contributed by atoms with Crippen molar-refractivity contribution in [3.63, 3.8) is 0 Å². The highest BCUT2D eigenvalue weighted by atomic mass is 35.5. The fourth-order valence-electron chi connectivity index (χ4n) is 1.04. The number of ether oxygens (including phenoxy) is 1. The zero-order valence-corrected chi connectivity index (χ0v) is 9.78. The molecule has 0 aromatic heterocycles. The molecule has 1 amide bonds. The van der Waals surface area contributed by atoms with E-state index in [1.165, 1.54) is 19.3 Å². The van der Waals surface area contributed by atoms with Gasteiger partial charge in [-0.3, -0.25) is 4.79 Å². The molecule has 0 aliphatic carbocycles. The van der Waals surface area contributed by atoms with Crippen molar-refractivity contribution in [2.45, 2.75) is 6.82 Å². The monoisotopic (exact) mass is 237 g/mol. The van der Waals surface area contributed by atoms with E-state index in [0.717, 1.165) is 0 Å². The van der Waals surface area contributed by atoms with Crippen LogP contribution in [0.25, 0.3) is 0 Å². The van der Waals surface area contributed by atoms with E-state index in [-0.39, 0.29) is 5.91 Å². The minimum absolute atomic E-state index is 0.317. The fraction of sp³-hybridized carbons (Fsp3) is 0.200. The highest BCUT2D eigenvalue weighted by molar-refractivity contribution is 6.66. The topological polar surface area (TPSA) is 50.7 Å². The van der Waals surface area contributed by atoms with Crippen molar-refractivity contribution >= 4 is 30.9 Å². The molecule has 0 saturated heterocycles. The Balaban J connectivity index is 2.77. The van der Waals surface area contributed by atoms with Crippen LogP contribution < -0.4 is 10.2 Å². The van der Waals surface area contributed by atoms with Crippen LogP contribution in [0.5, 0.6) is 5.75 Å². The van der Waals surface area contributed by atoms with Gasteiger partial charge in [0, 0.05) is 5.56 Å². The summed E-state index contributed by atoms with van der Waals surface area (Å²) in [5, 5.41) is 4.07. The lowest BCUT2D eigenvalue weighted by Gasteiger charge is -2.04. The Morgan fingerprint density at radius 3 is 2.94 bits per heavy atom. The van der Waals surface area contributed by atoms with Crippen molar-refractivity contribution in [3.05, 3.63) is 28.8 Å². The van der Waals surface area contributed by atoms with Crippen LogP contribution in [0.15, 0.2) is 23.3 Å². The molecule has 0 fully saturated rings. The lowest BCUT2D eigenvalue weighted by atomic mass is 9.86. The number of hydrogen-bond donors (Lipinski definition) is 1. The summed E-state index contributed by atoms with van der Waals surface area (Å²) < 4.78 is 4.98. The molecule has 0 aliphatic rings. The number of methoxy groups -OCH3 is 1. The second-order valence-electron chi connectivity index (χ2n) is 2.90. The molecule has 1 aromatic rings. The van der Waals surface area contributed by atoms with E-state index >= 15 is 0 Å². The summed E-state index contributed by atoms with van der Waals surface area (Å²) >= 11 is 5.89. The third kappa shape index (κ3) is 3.27. The smallest absolute Gasteiger partial charge is 0.271 e. The van der Waals surface area contributed by atoms with Crippen molar-refractivity contribution in [3.8, 4) is 5.75 Å². The Labute approximate surface area is 99.9 Å². The predicted octanol–water partition coefficient (Wildman–Crippen LogP) is 1.77. The summed E-state index contributed by atoms with van der Waals surface area (Å²) in [6, 6.07) is 4.78. The van der Waals surface area contributed by atoms with E-state index in [9.17, 15) is 4.79 Å². The van der Waals surface area contributed by atoms with E-state index in [4.69, 9.17) is 16.3 Å². The number of hydrogen-bond acceptors (Lipinski definition) is 3. The fourth-order valence-corrected chi connectivity index (χ4v) is 1.30. The third-order valence-electron chi connectivity index (χ3n) is 1.80. The molecular weight excluding hydrogens is 226 g/mol. The van der Waals surface area contributed by atoms with Crippen LogP contribution in [0.2, 0.25) is 11.8 Å². The van der Waals surface area contributed by atoms with Crippen LogP contribution in [-0.4, -0.2) is 26.4 Å². The summed E-state index contributed by atoms with van der Waals surface area (Å²) in [6.07, 6.45) is 1.49. The first-order chi connectivity index (χ1) is 7.69. The van der Waals surface area contributed by atoms with Crippen LogP contribution >= 0.6 is 11.6 Å². The summed E-state index contributed by atoms with van der Waals surface area (Å²) in [6.45, 7) is 1.81. The maximum atomic E-state index is 11.5. The van der Waals surface area contributed by atoms with Gasteiger partial charge in [-0.1, -0.05) is 18.4 Å². The van der Waals surface area contributed by atoms with Gasteiger partial charge < -0.3 is 4.74 Å². The number of rotatable bonds is 4. The van der Waals surface area contributed by atoms with Crippen molar-refractivity contribution < 1.29 is 9.53 Å². The minimum atomic E-state index is -0.317. The zero-order chi connectivity index (χ0) is 12.0. The Morgan fingerprint density at radius 1 is 1.62 bits per heavy atom. The maximum absolute atomic E-state index is 11.5. The van der Waals surface area contributed by atoms with E-state index in [2.05, 4.69) is 10.5 Å². The molecule has 6 heteroatoms. The molecular formula is C10H11BClN2O2. The number of carbonyl (C=O) groups is 1. The van der Waals surface area contributed by atoms with Gasteiger partial charge in [-0.25, -0.2) is 5.43 Å². The van der Waals surface area contributed by atoms with E-state index in [0.29, 0.717) is 16.3 Å². The molecule has 16 heavy (non-hydrogen) atoms. The molecule has 0 bridgehead atoms. The lowest BCUT2D eigenvalue weighted by molar-refractivity contribution is 0.0955. The van der Waals surface area contributed by atoms with Gasteiger partial charge in [0.05, 0.1) is 12.1 Å². The van der Waals surface area contributed by atoms with Gasteiger partial charge in [0.1, 0.15) is 5.75 Å². The molecule has 0 spiro atoms. The Kier molecular flexibility index (Phi) is 4.86. The number of amides is 1. The molecule has 0 atom stereocenters. The van der Waals surface area contributed by atoms with E-state index in [1.54, 1.807) is 26.2 Å². The second-order valence-corrected chi connectivity index (χ2v) is 3.31. The van der Waals surface area contributed by atoms with Crippen molar-refractivity contribution in [2.24, 2.45) is 5.10 Å². The first kappa shape index (κ1) is 12.6. The first-order valence-corrected chi connectivity index (χ1v) is 5.01. The van der Waals surface area contributed by atoms with Crippen LogP contribution in [0, 0.1) is 0 Å². The third-order valence-corrected chi connectivity index (χ3v) is 2.10. The summed E-state index contributed by atoms with van der Waals surface area (Å²) in [7, 11) is 3.23. The van der Waals surface area contributed by atoms with Crippen LogP contribution in [0.1, 0.15) is 10.4 Å². The maximum Gasteiger partial charge on any atom is 0.271 e. The lowest BCUT2D eigenvalue weighted by Crippen LogP contribution is -2.17. The molecule has 1 radical (unpaired) electrons. The SMILES string of the molecule is C[B]/C=N\NC(=O)c1ccc(OC)c(Cl)c1. The number of benzene rings is 1. The van der Waals surface area contributed by atoms with Crippen LogP contribution in [0.3, 0.4) is 0 Å². The first-order valence-electron chi connectivity index (χ1n) is 4.64. The van der Waals surface area contributed by atoms with Gasteiger partial charge in [-0.05, 0) is 24.3 Å². The molecule has 4 nitrogen and oxygen atoms in total. The highest BCUT2D eigenvalue weighted by Gasteiger charge is 2.07. The Bertz CT molecular complexity index is 410. The largest absolute Gasteiger partial charge is 0.495 e. The average Bonchev–Trinajstić information content (AvgIpc) is 2.29. The van der Waals surface area contributed by atoms with Gasteiger partial charge in [-0.2, -0.15) is 5.10 Å². The molecule has 0 unspecified atom stereocenters. The van der Waals surface area contributed by atoms with Gasteiger partial charge in [0.25, 0.3) is 5.91 Å². The van der Waals surface area contributed by atoms with Crippen LogP contribution in [-0.2, 0) is 0 Å². The standard InChI is InChI=1S/C10H11BClN2O2/c1-11-6-13-14-10(15)7-3-4-9(16-2)8(12)5-7/h3-6H,1-2H3,(H,14,15)/b13-6-. The Morgan fingerprint density at radius 2 is 2.38 bits per heavy atom. The van der Waals surface area contributed by atoms with Gasteiger partial charge in [0.2, 0.25) is 0 Å². The predicted molar refractivity (Wildman–Crippen MR) is 65.6 cm³/mol. The highest BCUT2D eigenvalue weighted by Crippen LogP contribution is 2.24. The number of carbonyl (C=O) groups excluding carboxylic acids is 1. The molecule has 1 N–H and O–H groups in total. The Hall–Kier alpha value is -1.49. The van der Waals surface area contributed by atoms with Gasteiger partial charge in [-0.15, -0.1) is 0 Å². The molecule has 1 aromatic carbocycles. The second kappa shape index (κ2) is 6.17. The number of nitrogens with zero attached hydrogens (tertiary/aromatic N) is 1. The molecule has 0 saturated carbocycles. The van der Waals surface area contributed by atoms with Crippen LogP contribution in [0.4, 0.5) is 0 Å². The quantitative estimate of drug-likeness (QED) is 0.493. The van der Waals surface area contributed by atoms with Gasteiger partial charge in [0.15, 0.2) is 7.28 Å². The number of halogens is 1. The molecule has 0 heterocycles. The minimum Gasteiger partial charge on any atom is -0.495 e. The van der Waals surface area contributed by atoms with Gasteiger partial charge >= 0.3 is 0 Å². The molecule has 0 aliphatic heterocycles. The number of nitrogens with one attached hydrogen (secondary N) is 1. The van der Waals surface area contributed by atoms with Crippen molar-refractivity contribution in [2.75, 3.05) is 7.11 Å².